The van der Waals surface area contributed by atoms with Gasteiger partial charge in [0.25, 0.3) is 0 Å². The number of hydrogen-bond acceptors (Lipinski definition) is 2. The molecule has 22 heavy (non-hydrogen) atoms. The first kappa shape index (κ1) is 12.7. The van der Waals surface area contributed by atoms with Crippen molar-refractivity contribution in [3.05, 3.63) is 72.8 Å². The molecule has 4 aromatic rings. The Kier molecular flexibility index (Phi) is 2.76. The van der Waals surface area contributed by atoms with Gasteiger partial charge in [0.2, 0.25) is 0 Å². The number of nitrogens with two attached hydrogens (primary N) is 2. The lowest BCUT2D eigenvalue weighted by atomic mass is 9.98. The van der Waals surface area contributed by atoms with Crippen molar-refractivity contribution in [3.63, 3.8) is 0 Å². The molecule has 2 nitrogen and oxygen atoms in total. The van der Waals surface area contributed by atoms with Crippen LogP contribution >= 0.6 is 0 Å². The van der Waals surface area contributed by atoms with Crippen molar-refractivity contribution in [1.29, 1.82) is 0 Å². The molecular formula is C20H16N2. The summed E-state index contributed by atoms with van der Waals surface area (Å²) in [5.74, 6) is 0. The van der Waals surface area contributed by atoms with E-state index in [0.29, 0.717) is 0 Å². The van der Waals surface area contributed by atoms with Crippen LogP contribution in [-0.4, -0.2) is 0 Å². The number of hydrogen-bond donors (Lipinski definition) is 2. The minimum atomic E-state index is 0.795. The second-order valence-electron chi connectivity index (χ2n) is 5.64. The molecule has 2 heteroatoms. The van der Waals surface area contributed by atoms with Gasteiger partial charge in [0.1, 0.15) is 0 Å². The summed E-state index contributed by atoms with van der Waals surface area (Å²) in [5.41, 5.74) is 15.7. The van der Waals surface area contributed by atoms with Crippen LogP contribution in [0.25, 0.3) is 32.7 Å². The number of rotatable bonds is 1. The van der Waals surface area contributed by atoms with Gasteiger partial charge in [0.15, 0.2) is 0 Å². The topological polar surface area (TPSA) is 52.0 Å². The summed E-state index contributed by atoms with van der Waals surface area (Å²) in [7, 11) is 0. The van der Waals surface area contributed by atoms with Gasteiger partial charge in [-0.05, 0) is 69.1 Å². The second kappa shape index (κ2) is 4.78. The summed E-state index contributed by atoms with van der Waals surface area (Å²) >= 11 is 0. The second-order valence-corrected chi connectivity index (χ2v) is 5.64. The SMILES string of the molecule is Nc1ccc2cc(-c3ccc4cc(N)ccc4c3)ccc2c1. The third kappa shape index (κ3) is 2.15. The van der Waals surface area contributed by atoms with Crippen LogP contribution in [0, 0.1) is 0 Å². The zero-order chi connectivity index (χ0) is 15.1. The summed E-state index contributed by atoms with van der Waals surface area (Å²) in [6.07, 6.45) is 0. The zero-order valence-corrected chi connectivity index (χ0v) is 12.1. The first-order chi connectivity index (χ1) is 10.7. The van der Waals surface area contributed by atoms with Gasteiger partial charge in [-0.2, -0.15) is 0 Å². The maximum absolute atomic E-state index is 5.84. The minimum absolute atomic E-state index is 0.795. The molecule has 4 rings (SSSR count). The highest BCUT2D eigenvalue weighted by molar-refractivity contribution is 5.93. The fourth-order valence-corrected chi connectivity index (χ4v) is 2.89. The predicted octanol–water partition coefficient (Wildman–Crippen LogP) is 4.82. The molecule has 0 spiro atoms. The van der Waals surface area contributed by atoms with E-state index in [2.05, 4.69) is 48.5 Å². The molecule has 4 N–H and O–H groups in total. The normalized spacial score (nSPS) is 11.1. The maximum atomic E-state index is 5.84. The summed E-state index contributed by atoms with van der Waals surface area (Å²) in [6, 6.07) is 24.9. The quantitative estimate of drug-likeness (QED) is 0.492. The van der Waals surface area contributed by atoms with Gasteiger partial charge >= 0.3 is 0 Å². The molecule has 4 aromatic carbocycles. The first-order valence-corrected chi connectivity index (χ1v) is 7.28. The summed E-state index contributed by atoms with van der Waals surface area (Å²) < 4.78 is 0. The van der Waals surface area contributed by atoms with Gasteiger partial charge in [-0.15, -0.1) is 0 Å². The van der Waals surface area contributed by atoms with Crippen LogP contribution in [0.2, 0.25) is 0 Å². The Morgan fingerprint density at radius 3 is 1.23 bits per heavy atom. The highest BCUT2D eigenvalue weighted by Gasteiger charge is 2.02. The van der Waals surface area contributed by atoms with E-state index >= 15 is 0 Å². The van der Waals surface area contributed by atoms with Gasteiger partial charge in [0, 0.05) is 11.4 Å². The monoisotopic (exact) mass is 284 g/mol. The van der Waals surface area contributed by atoms with Crippen molar-refractivity contribution in [3.8, 4) is 11.1 Å². The largest absolute Gasteiger partial charge is 0.399 e. The number of anilines is 2. The standard InChI is InChI=1S/C20H16N2/c21-19-7-5-15-9-13(1-3-17(15)11-19)14-2-4-18-12-20(22)8-6-16(18)10-14/h1-12H,21-22H2. The fourth-order valence-electron chi connectivity index (χ4n) is 2.89. The molecule has 0 bridgehead atoms. The Morgan fingerprint density at radius 2 is 0.773 bits per heavy atom. The lowest BCUT2D eigenvalue weighted by molar-refractivity contribution is 1.66. The van der Waals surface area contributed by atoms with Crippen molar-refractivity contribution < 1.29 is 0 Å². The Morgan fingerprint density at radius 1 is 0.409 bits per heavy atom. The van der Waals surface area contributed by atoms with Crippen LogP contribution in [0.1, 0.15) is 0 Å². The van der Waals surface area contributed by atoms with E-state index < -0.39 is 0 Å². The Labute approximate surface area is 129 Å². The Bertz CT molecular complexity index is 920. The molecule has 0 amide bonds. The first-order valence-electron chi connectivity index (χ1n) is 7.28. The number of nitrogen functional groups attached to an aromatic ring is 2. The average molecular weight is 284 g/mol. The van der Waals surface area contributed by atoms with Crippen LogP contribution in [0.5, 0.6) is 0 Å². The highest BCUT2D eigenvalue weighted by Crippen LogP contribution is 2.28. The molecule has 0 saturated carbocycles. The van der Waals surface area contributed by atoms with E-state index in [1.807, 2.05) is 24.3 Å². The fraction of sp³-hybridized carbons (Fsp3) is 0. The smallest absolute Gasteiger partial charge is 0.0320 e. The molecule has 0 aromatic heterocycles. The summed E-state index contributed by atoms with van der Waals surface area (Å²) in [5, 5.41) is 4.72. The maximum Gasteiger partial charge on any atom is 0.0320 e. The molecule has 0 fully saturated rings. The van der Waals surface area contributed by atoms with Gasteiger partial charge in [-0.25, -0.2) is 0 Å². The lowest BCUT2D eigenvalue weighted by Gasteiger charge is -2.07. The van der Waals surface area contributed by atoms with Crippen LogP contribution in [0.15, 0.2) is 72.8 Å². The van der Waals surface area contributed by atoms with Crippen molar-refractivity contribution in [2.75, 3.05) is 11.5 Å². The summed E-state index contributed by atoms with van der Waals surface area (Å²) in [4.78, 5) is 0. The molecule has 0 radical (unpaired) electrons. The van der Waals surface area contributed by atoms with Crippen molar-refractivity contribution >= 4 is 32.9 Å². The van der Waals surface area contributed by atoms with E-state index in [9.17, 15) is 0 Å². The van der Waals surface area contributed by atoms with Crippen LogP contribution in [0.3, 0.4) is 0 Å². The Balaban J connectivity index is 1.87. The predicted molar refractivity (Wildman–Crippen MR) is 95.7 cm³/mol. The highest BCUT2D eigenvalue weighted by atomic mass is 14.5. The van der Waals surface area contributed by atoms with Crippen molar-refractivity contribution in [2.45, 2.75) is 0 Å². The lowest BCUT2D eigenvalue weighted by Crippen LogP contribution is -1.86. The number of fused-ring (bicyclic) bond motifs is 2. The Hall–Kier alpha value is -3.00. The third-order valence-electron chi connectivity index (χ3n) is 4.06. The van der Waals surface area contributed by atoms with Crippen molar-refractivity contribution in [1.82, 2.24) is 0 Å². The zero-order valence-electron chi connectivity index (χ0n) is 12.1. The molecule has 0 aliphatic rings. The third-order valence-corrected chi connectivity index (χ3v) is 4.06. The summed E-state index contributed by atoms with van der Waals surface area (Å²) in [6.45, 7) is 0. The van der Waals surface area contributed by atoms with Crippen molar-refractivity contribution in [2.24, 2.45) is 0 Å². The van der Waals surface area contributed by atoms with E-state index in [-0.39, 0.29) is 0 Å². The van der Waals surface area contributed by atoms with Gasteiger partial charge < -0.3 is 11.5 Å². The van der Waals surface area contributed by atoms with E-state index in [0.717, 1.165) is 22.1 Å². The minimum Gasteiger partial charge on any atom is -0.399 e. The molecular weight excluding hydrogens is 268 g/mol. The average Bonchev–Trinajstić information content (AvgIpc) is 2.54. The number of benzene rings is 4. The van der Waals surface area contributed by atoms with E-state index in [1.165, 1.54) is 21.9 Å². The molecule has 0 aliphatic carbocycles. The van der Waals surface area contributed by atoms with E-state index in [4.69, 9.17) is 11.5 Å². The van der Waals surface area contributed by atoms with Crippen LogP contribution in [0.4, 0.5) is 11.4 Å². The van der Waals surface area contributed by atoms with Crippen LogP contribution in [-0.2, 0) is 0 Å². The molecule has 106 valence electrons. The molecule has 0 aliphatic heterocycles. The molecule has 0 saturated heterocycles. The molecule has 0 unspecified atom stereocenters. The van der Waals surface area contributed by atoms with Gasteiger partial charge in [-0.1, -0.05) is 36.4 Å². The molecule has 0 heterocycles. The molecule has 0 atom stereocenters. The van der Waals surface area contributed by atoms with Gasteiger partial charge in [-0.3, -0.25) is 0 Å². The van der Waals surface area contributed by atoms with Crippen LogP contribution < -0.4 is 11.5 Å². The van der Waals surface area contributed by atoms with E-state index in [1.54, 1.807) is 0 Å². The van der Waals surface area contributed by atoms with Gasteiger partial charge in [0.05, 0.1) is 0 Å².